The molecular formula is C25H23ClF3N3O4. The highest BCUT2D eigenvalue weighted by Gasteiger charge is 2.46. The quantitative estimate of drug-likeness (QED) is 0.357. The number of carbonyl (C=O) groups excluding carboxylic acids is 2. The summed E-state index contributed by atoms with van der Waals surface area (Å²) in [5, 5.41) is 9.21. The number of likely N-dealkylation sites (tertiary alicyclic amines) is 1. The van der Waals surface area contributed by atoms with E-state index in [1.807, 2.05) is 6.92 Å². The molecule has 2 aromatic carbocycles. The Bertz CT molecular complexity index is 1320. The van der Waals surface area contributed by atoms with Crippen molar-refractivity contribution < 1.29 is 32.7 Å². The molecule has 2 amide bonds. The molecule has 3 aromatic rings. The smallest absolute Gasteiger partial charge is 0.433 e. The van der Waals surface area contributed by atoms with Crippen molar-refractivity contribution in [2.45, 2.75) is 44.5 Å². The molecule has 2 N–H and O–H groups in total. The Balaban J connectivity index is 1.45. The van der Waals surface area contributed by atoms with Crippen LogP contribution in [0.1, 0.15) is 37.1 Å². The second-order valence-electron chi connectivity index (χ2n) is 8.88. The number of rotatable bonds is 6. The van der Waals surface area contributed by atoms with Gasteiger partial charge in [-0.2, -0.15) is 13.2 Å². The first-order chi connectivity index (χ1) is 16.9. The maximum absolute atomic E-state index is 13.1. The van der Waals surface area contributed by atoms with E-state index in [1.54, 1.807) is 48.8 Å². The summed E-state index contributed by atoms with van der Waals surface area (Å²) in [6.07, 6.45) is -4.08. The lowest BCUT2D eigenvalue weighted by Crippen LogP contribution is -2.47. The summed E-state index contributed by atoms with van der Waals surface area (Å²) >= 11 is 6.07. The monoisotopic (exact) mass is 521 g/mol. The van der Waals surface area contributed by atoms with E-state index in [4.69, 9.17) is 21.5 Å². The van der Waals surface area contributed by atoms with E-state index in [2.05, 4.69) is 4.98 Å². The van der Waals surface area contributed by atoms with E-state index in [1.165, 1.54) is 11.0 Å². The van der Waals surface area contributed by atoms with Crippen molar-refractivity contribution in [3.05, 3.63) is 70.4 Å². The van der Waals surface area contributed by atoms with Crippen LogP contribution in [0.2, 0.25) is 5.02 Å². The van der Waals surface area contributed by atoms with Crippen molar-refractivity contribution in [3.63, 3.8) is 0 Å². The first-order valence-electron chi connectivity index (χ1n) is 11.1. The molecule has 0 spiro atoms. The molecule has 2 heterocycles. The Morgan fingerprint density at radius 1 is 1.25 bits per heavy atom. The van der Waals surface area contributed by atoms with Gasteiger partial charge in [-0.25, -0.2) is 10.5 Å². The zero-order chi connectivity index (χ0) is 26.3. The summed E-state index contributed by atoms with van der Waals surface area (Å²) < 4.78 is 44.7. The van der Waals surface area contributed by atoms with Crippen LogP contribution < -0.4 is 10.2 Å². The molecule has 7 nitrogen and oxygen atoms in total. The average Bonchev–Trinajstić information content (AvgIpc) is 3.16. The van der Waals surface area contributed by atoms with Gasteiger partial charge in [0.25, 0.3) is 5.91 Å². The zero-order valence-corrected chi connectivity index (χ0v) is 20.2. The van der Waals surface area contributed by atoms with E-state index >= 15 is 0 Å². The molecule has 11 heteroatoms. The van der Waals surface area contributed by atoms with E-state index < -0.39 is 29.2 Å². The number of benzene rings is 2. The third-order valence-corrected chi connectivity index (χ3v) is 6.87. The molecule has 0 radical (unpaired) electrons. The highest BCUT2D eigenvalue weighted by molar-refractivity contribution is 6.35. The van der Waals surface area contributed by atoms with Gasteiger partial charge in [-0.1, -0.05) is 29.8 Å². The van der Waals surface area contributed by atoms with Crippen molar-refractivity contribution in [1.82, 2.24) is 15.4 Å². The number of carbonyl (C=O) groups is 2. The molecule has 2 atom stereocenters. The van der Waals surface area contributed by atoms with Crippen LogP contribution in [0.4, 0.5) is 13.2 Å². The van der Waals surface area contributed by atoms with Gasteiger partial charge in [-0.3, -0.25) is 14.8 Å². The Morgan fingerprint density at radius 2 is 1.94 bits per heavy atom. The molecule has 190 valence electrons. The van der Waals surface area contributed by atoms with E-state index in [0.29, 0.717) is 29.7 Å². The van der Waals surface area contributed by atoms with E-state index in [9.17, 15) is 22.8 Å². The van der Waals surface area contributed by atoms with E-state index in [-0.39, 0.29) is 23.1 Å². The Kier molecular flexibility index (Phi) is 6.85. The summed E-state index contributed by atoms with van der Waals surface area (Å²) in [7, 11) is 0. The van der Waals surface area contributed by atoms with Crippen molar-refractivity contribution in [1.29, 1.82) is 0 Å². The fraction of sp³-hybridized carbons (Fsp3) is 0.320. The van der Waals surface area contributed by atoms with Gasteiger partial charge in [0.1, 0.15) is 24.1 Å². The van der Waals surface area contributed by atoms with Gasteiger partial charge in [-0.15, -0.1) is 0 Å². The number of nitrogens with zero attached hydrogens (tertiary/aromatic N) is 2. The minimum absolute atomic E-state index is 0.0483. The molecular weight excluding hydrogens is 499 g/mol. The SMILES string of the molecule is CC(C(=O)NO)N1CCC(C)(c2ccc(OCc3ccc4nc(C(F)(F)F)cc(Cl)c4c3)cc2)C1=O. The minimum atomic E-state index is -4.59. The normalized spacial score (nSPS) is 19.0. The molecule has 1 saturated heterocycles. The summed E-state index contributed by atoms with van der Waals surface area (Å²) in [6.45, 7) is 3.89. The van der Waals surface area contributed by atoms with Crippen molar-refractivity contribution in [2.75, 3.05) is 6.54 Å². The number of hydrogen-bond acceptors (Lipinski definition) is 5. The fourth-order valence-corrected chi connectivity index (χ4v) is 4.55. The molecule has 1 aliphatic rings. The number of fused-ring (bicyclic) bond motifs is 1. The van der Waals surface area contributed by atoms with Gasteiger partial charge < -0.3 is 9.64 Å². The van der Waals surface area contributed by atoms with Crippen LogP contribution in [0.25, 0.3) is 10.9 Å². The van der Waals surface area contributed by atoms with Crippen LogP contribution >= 0.6 is 11.6 Å². The summed E-state index contributed by atoms with van der Waals surface area (Å²) in [6, 6.07) is 11.8. The zero-order valence-electron chi connectivity index (χ0n) is 19.4. The fourth-order valence-electron chi connectivity index (χ4n) is 4.29. The van der Waals surface area contributed by atoms with Crippen molar-refractivity contribution >= 4 is 34.3 Å². The highest BCUT2D eigenvalue weighted by Crippen LogP contribution is 2.37. The van der Waals surface area contributed by atoms with Gasteiger partial charge in [0, 0.05) is 11.9 Å². The molecule has 1 aliphatic heterocycles. The number of amides is 2. The standard InChI is InChI=1S/C25H23ClF3N3O4/c1-14(22(33)31-35)32-10-9-24(2,23(32)34)16-4-6-17(7-5-16)36-13-15-3-8-20-18(11-15)19(26)12-21(30-20)25(27,28)29/h3-8,11-12,14,35H,9-10,13H2,1-2H3,(H,31,33). The number of hydrogen-bond donors (Lipinski definition) is 2. The number of aromatic nitrogens is 1. The first-order valence-corrected chi connectivity index (χ1v) is 11.5. The molecule has 1 fully saturated rings. The topological polar surface area (TPSA) is 91.8 Å². The van der Waals surface area contributed by atoms with Crippen LogP contribution in [0, 0.1) is 0 Å². The minimum Gasteiger partial charge on any atom is -0.489 e. The van der Waals surface area contributed by atoms with Crippen molar-refractivity contribution in [2.24, 2.45) is 0 Å². The lowest BCUT2D eigenvalue weighted by atomic mass is 9.81. The number of nitrogens with one attached hydrogen (secondary N) is 1. The predicted molar refractivity (Wildman–Crippen MR) is 126 cm³/mol. The predicted octanol–water partition coefficient (Wildman–Crippen LogP) is 4.87. The average molecular weight is 522 g/mol. The second kappa shape index (κ2) is 9.59. The first kappa shape index (κ1) is 25.7. The number of alkyl halides is 3. The van der Waals surface area contributed by atoms with Gasteiger partial charge in [0.05, 0.1) is 16.0 Å². The van der Waals surface area contributed by atoms with Crippen molar-refractivity contribution in [3.8, 4) is 5.75 Å². The van der Waals surface area contributed by atoms with Crippen LogP contribution in [-0.2, 0) is 27.8 Å². The number of halogens is 4. The molecule has 36 heavy (non-hydrogen) atoms. The van der Waals surface area contributed by atoms with Gasteiger partial charge in [-0.05, 0) is 61.7 Å². The molecule has 4 rings (SSSR count). The van der Waals surface area contributed by atoms with Crippen LogP contribution in [0.3, 0.4) is 0 Å². The number of pyridine rings is 1. The lowest BCUT2D eigenvalue weighted by molar-refractivity contribution is -0.143. The Morgan fingerprint density at radius 3 is 2.58 bits per heavy atom. The molecule has 0 saturated carbocycles. The largest absolute Gasteiger partial charge is 0.489 e. The lowest BCUT2D eigenvalue weighted by Gasteiger charge is -2.27. The van der Waals surface area contributed by atoms with Gasteiger partial charge in [0.15, 0.2) is 0 Å². The van der Waals surface area contributed by atoms with Gasteiger partial charge in [0.2, 0.25) is 5.91 Å². The van der Waals surface area contributed by atoms with E-state index in [0.717, 1.165) is 11.6 Å². The molecule has 2 unspecified atom stereocenters. The van der Waals surface area contributed by atoms with Crippen LogP contribution in [-0.4, -0.2) is 39.5 Å². The van der Waals surface area contributed by atoms with Crippen LogP contribution in [0.15, 0.2) is 48.5 Å². The molecule has 0 aliphatic carbocycles. The maximum Gasteiger partial charge on any atom is 0.433 e. The number of ether oxygens (including phenoxy) is 1. The second-order valence-corrected chi connectivity index (χ2v) is 9.29. The molecule has 0 bridgehead atoms. The third-order valence-electron chi connectivity index (χ3n) is 6.55. The van der Waals surface area contributed by atoms with Gasteiger partial charge >= 0.3 is 6.18 Å². The highest BCUT2D eigenvalue weighted by atomic mass is 35.5. The summed E-state index contributed by atoms with van der Waals surface area (Å²) in [5.41, 5.74) is 1.31. The van der Waals surface area contributed by atoms with Crippen LogP contribution in [0.5, 0.6) is 5.75 Å². The molecule has 1 aromatic heterocycles. The summed E-state index contributed by atoms with van der Waals surface area (Å²) in [5.74, 6) is -0.320. The third kappa shape index (κ3) is 4.83. The summed E-state index contributed by atoms with van der Waals surface area (Å²) in [4.78, 5) is 29.9. The number of hydroxylamine groups is 1. The Hall–Kier alpha value is -3.37. The maximum atomic E-state index is 13.1. The Labute approximate surface area is 209 Å².